The predicted octanol–water partition coefficient (Wildman–Crippen LogP) is 4.63. The Morgan fingerprint density at radius 1 is 1.15 bits per heavy atom. The lowest BCUT2D eigenvalue weighted by molar-refractivity contribution is -0.126. The molecule has 4 rings (SSSR count). The van der Waals surface area contributed by atoms with E-state index in [1.807, 2.05) is 17.0 Å². The summed E-state index contributed by atoms with van der Waals surface area (Å²) in [7, 11) is 0. The molecule has 138 valence electrons. The minimum Gasteiger partial charge on any atom is -0.429 e. The topological polar surface area (TPSA) is 66.3 Å². The number of benzene rings is 1. The van der Waals surface area contributed by atoms with Crippen LogP contribution in [0.1, 0.15) is 61.7 Å². The van der Waals surface area contributed by atoms with E-state index in [-0.39, 0.29) is 17.9 Å². The molecule has 0 radical (unpaired) electrons. The number of aromatic nitrogens is 1. The van der Waals surface area contributed by atoms with Crippen LogP contribution in [0.5, 0.6) is 0 Å². The molecule has 26 heavy (non-hydrogen) atoms. The molecule has 0 unspecified atom stereocenters. The van der Waals surface area contributed by atoms with E-state index in [2.05, 4.69) is 4.98 Å². The zero-order chi connectivity index (χ0) is 18.1. The molecular weight excluding hydrogens is 348 g/mol. The summed E-state index contributed by atoms with van der Waals surface area (Å²) < 4.78 is 5.47. The van der Waals surface area contributed by atoms with Crippen LogP contribution < -0.4 is 0 Å². The number of hydrogen-bond donors (Lipinski definition) is 1. The lowest BCUT2D eigenvalue weighted by Gasteiger charge is -2.37. The van der Waals surface area contributed by atoms with Crippen LogP contribution in [0.15, 0.2) is 22.6 Å². The van der Waals surface area contributed by atoms with Crippen molar-refractivity contribution in [2.75, 3.05) is 6.54 Å². The van der Waals surface area contributed by atoms with Crippen molar-refractivity contribution in [2.24, 2.45) is 5.92 Å². The summed E-state index contributed by atoms with van der Waals surface area (Å²) in [6.07, 6.45) is 7.79. The standard InChI is InChI=1S/C20H24N2O3S/c23-17-8-4-3-6-14(17)16-7-2-1-5-11-22(16)19(24)13-9-10-15-18(12-13)25-20(26)21-15/h9-10,12,14,16H,1-8,11H2,(H,21,26)/t14-,16+/m1/s1. The van der Waals surface area contributed by atoms with Crippen molar-refractivity contribution in [3.63, 3.8) is 0 Å². The molecular formula is C20H24N2O3S. The highest BCUT2D eigenvalue weighted by atomic mass is 32.1. The number of carbonyl (C=O) groups is 2. The first-order chi connectivity index (χ1) is 12.6. The summed E-state index contributed by atoms with van der Waals surface area (Å²) in [6, 6.07) is 5.44. The van der Waals surface area contributed by atoms with E-state index in [9.17, 15) is 9.59 Å². The van der Waals surface area contributed by atoms with Crippen molar-refractivity contribution in [3.05, 3.63) is 28.6 Å². The quantitative estimate of drug-likeness (QED) is 0.780. The van der Waals surface area contributed by atoms with Gasteiger partial charge < -0.3 is 14.3 Å². The predicted molar refractivity (Wildman–Crippen MR) is 102 cm³/mol. The van der Waals surface area contributed by atoms with E-state index in [1.165, 1.54) is 0 Å². The fraction of sp³-hybridized carbons (Fsp3) is 0.550. The molecule has 1 saturated heterocycles. The number of carbonyl (C=O) groups excluding carboxylic acids is 2. The van der Waals surface area contributed by atoms with Crippen LogP contribution in [0.2, 0.25) is 0 Å². The van der Waals surface area contributed by atoms with Crippen LogP contribution in [-0.4, -0.2) is 34.2 Å². The number of amides is 1. The number of oxazole rings is 1. The van der Waals surface area contributed by atoms with Gasteiger partial charge in [0.05, 0.1) is 5.52 Å². The largest absolute Gasteiger partial charge is 0.429 e. The van der Waals surface area contributed by atoms with Crippen LogP contribution in [0.4, 0.5) is 0 Å². The third kappa shape index (κ3) is 3.34. The van der Waals surface area contributed by atoms with Gasteiger partial charge in [-0.2, -0.15) is 0 Å². The van der Waals surface area contributed by atoms with Gasteiger partial charge in [-0.3, -0.25) is 9.59 Å². The Bertz CT molecular complexity index is 885. The number of ketones is 1. The van der Waals surface area contributed by atoms with Crippen LogP contribution in [0, 0.1) is 10.8 Å². The smallest absolute Gasteiger partial charge is 0.266 e. The molecule has 1 amide bonds. The minimum absolute atomic E-state index is 0.000471. The van der Waals surface area contributed by atoms with Crippen LogP contribution in [0.3, 0.4) is 0 Å². The fourth-order valence-corrected chi connectivity index (χ4v) is 4.67. The van der Waals surface area contributed by atoms with Gasteiger partial charge in [0.2, 0.25) is 0 Å². The fourth-order valence-electron chi connectivity index (χ4n) is 4.47. The van der Waals surface area contributed by atoms with Crippen molar-refractivity contribution in [1.82, 2.24) is 9.88 Å². The van der Waals surface area contributed by atoms with E-state index >= 15 is 0 Å². The Morgan fingerprint density at radius 3 is 2.85 bits per heavy atom. The van der Waals surface area contributed by atoms with Crippen LogP contribution >= 0.6 is 12.2 Å². The van der Waals surface area contributed by atoms with Crippen molar-refractivity contribution >= 4 is 35.0 Å². The first-order valence-electron chi connectivity index (χ1n) is 9.60. The molecule has 1 aliphatic heterocycles. The van der Waals surface area contributed by atoms with E-state index < -0.39 is 0 Å². The molecule has 0 spiro atoms. The molecule has 2 aliphatic rings. The number of nitrogens with one attached hydrogen (secondary N) is 1. The van der Waals surface area contributed by atoms with Crippen molar-refractivity contribution in [1.29, 1.82) is 0 Å². The zero-order valence-electron chi connectivity index (χ0n) is 14.8. The van der Waals surface area contributed by atoms with E-state index in [0.717, 1.165) is 57.0 Å². The second-order valence-electron chi connectivity index (χ2n) is 7.46. The lowest BCUT2D eigenvalue weighted by Crippen LogP contribution is -2.47. The number of nitrogens with zero attached hydrogens (tertiary/aromatic N) is 1. The molecule has 1 N–H and O–H groups in total. The van der Waals surface area contributed by atoms with E-state index in [0.29, 0.717) is 28.2 Å². The lowest BCUT2D eigenvalue weighted by atomic mass is 9.80. The van der Waals surface area contributed by atoms with Crippen molar-refractivity contribution < 1.29 is 14.0 Å². The average Bonchev–Trinajstić information content (AvgIpc) is 2.85. The molecule has 6 heteroatoms. The molecule has 0 bridgehead atoms. The highest BCUT2D eigenvalue weighted by Gasteiger charge is 2.37. The maximum atomic E-state index is 13.3. The molecule has 2 atom stereocenters. The molecule has 2 aromatic rings. The number of fused-ring (bicyclic) bond motifs is 1. The maximum Gasteiger partial charge on any atom is 0.266 e. The Balaban J connectivity index is 1.65. The van der Waals surface area contributed by atoms with Crippen molar-refractivity contribution in [3.8, 4) is 0 Å². The summed E-state index contributed by atoms with van der Waals surface area (Å²) in [5.41, 5.74) is 1.99. The van der Waals surface area contributed by atoms with Gasteiger partial charge >= 0.3 is 0 Å². The minimum atomic E-state index is -0.000471. The van der Waals surface area contributed by atoms with Gasteiger partial charge in [-0.05, 0) is 56.1 Å². The Morgan fingerprint density at radius 2 is 2.00 bits per heavy atom. The molecule has 1 aromatic carbocycles. The van der Waals surface area contributed by atoms with Gasteiger partial charge in [0.15, 0.2) is 5.58 Å². The van der Waals surface area contributed by atoms with Gasteiger partial charge in [-0.15, -0.1) is 0 Å². The van der Waals surface area contributed by atoms with Gasteiger partial charge in [0.1, 0.15) is 5.78 Å². The molecule has 5 nitrogen and oxygen atoms in total. The normalized spacial score (nSPS) is 24.6. The third-order valence-corrected chi connectivity index (χ3v) is 5.98. The highest BCUT2D eigenvalue weighted by molar-refractivity contribution is 7.71. The number of hydrogen-bond acceptors (Lipinski definition) is 4. The Labute approximate surface area is 157 Å². The van der Waals surface area contributed by atoms with Gasteiger partial charge in [0, 0.05) is 30.5 Å². The second kappa shape index (κ2) is 7.35. The number of rotatable bonds is 2. The number of H-pyrrole nitrogens is 1. The maximum absolute atomic E-state index is 13.3. The first-order valence-corrected chi connectivity index (χ1v) is 10.0. The SMILES string of the molecule is O=C1CCCC[C@@H]1[C@@H]1CCCCCN1C(=O)c1ccc2[nH]c(=S)oc2c1. The zero-order valence-corrected chi connectivity index (χ0v) is 15.6. The second-order valence-corrected chi connectivity index (χ2v) is 7.83. The molecule has 1 saturated carbocycles. The molecule has 2 heterocycles. The number of aromatic amines is 1. The number of likely N-dealkylation sites (tertiary alicyclic amines) is 1. The Kier molecular flexibility index (Phi) is 4.94. The number of Topliss-reactive ketones (excluding diaryl/α,β-unsaturated/α-hetero) is 1. The summed E-state index contributed by atoms with van der Waals surface area (Å²) in [6.45, 7) is 0.724. The van der Waals surface area contributed by atoms with Gasteiger partial charge in [-0.1, -0.05) is 19.3 Å². The van der Waals surface area contributed by atoms with Gasteiger partial charge in [0.25, 0.3) is 10.7 Å². The van der Waals surface area contributed by atoms with E-state index in [1.54, 1.807) is 6.07 Å². The van der Waals surface area contributed by atoms with Crippen molar-refractivity contribution in [2.45, 2.75) is 57.4 Å². The Hall–Kier alpha value is -1.95. The molecule has 2 fully saturated rings. The summed E-state index contributed by atoms with van der Waals surface area (Å²) >= 11 is 5.03. The molecule has 1 aliphatic carbocycles. The first kappa shape index (κ1) is 17.5. The average molecular weight is 372 g/mol. The summed E-state index contributed by atoms with van der Waals surface area (Å²) in [4.78, 5) is 31.0. The third-order valence-electron chi connectivity index (χ3n) is 5.79. The monoisotopic (exact) mass is 372 g/mol. The van der Waals surface area contributed by atoms with Crippen LogP contribution in [-0.2, 0) is 4.79 Å². The summed E-state index contributed by atoms with van der Waals surface area (Å²) in [5.74, 6) is 0.345. The summed E-state index contributed by atoms with van der Waals surface area (Å²) in [5, 5.41) is 0. The van der Waals surface area contributed by atoms with Gasteiger partial charge in [-0.25, -0.2) is 0 Å². The van der Waals surface area contributed by atoms with Crippen LogP contribution in [0.25, 0.3) is 11.1 Å². The molecule has 1 aromatic heterocycles. The van der Waals surface area contributed by atoms with E-state index in [4.69, 9.17) is 16.6 Å². The highest BCUT2D eigenvalue weighted by Crippen LogP contribution is 2.32.